The van der Waals surface area contributed by atoms with Crippen LogP contribution in [0.4, 0.5) is 0 Å². The molecule has 2 aromatic carbocycles. The van der Waals surface area contributed by atoms with E-state index in [1.807, 2.05) is 18.2 Å². The molecule has 0 radical (unpaired) electrons. The number of hydrogen-bond acceptors (Lipinski definition) is 5. The predicted octanol–water partition coefficient (Wildman–Crippen LogP) is 2.23. The van der Waals surface area contributed by atoms with Crippen LogP contribution in [-0.2, 0) is 19.6 Å². The molecular weight excluding hydrogens is 294 g/mol. The molecule has 5 nitrogen and oxygen atoms in total. The quantitative estimate of drug-likeness (QED) is 0.651. The lowest BCUT2D eigenvalue weighted by molar-refractivity contribution is 0.280. The van der Waals surface area contributed by atoms with Gasteiger partial charge < -0.3 is 25.0 Å². The third-order valence-corrected chi connectivity index (χ3v) is 3.71. The Kier molecular flexibility index (Phi) is 6.26. The highest BCUT2D eigenvalue weighted by molar-refractivity contribution is 5.43. The predicted molar refractivity (Wildman–Crippen MR) is 89.0 cm³/mol. The number of phenols is 1. The molecule has 5 heteroatoms. The zero-order chi connectivity index (χ0) is 16.7. The number of rotatable bonds is 8. The number of benzene rings is 2. The van der Waals surface area contributed by atoms with Crippen LogP contribution in [0.5, 0.6) is 17.2 Å². The fourth-order valence-electron chi connectivity index (χ4n) is 2.42. The summed E-state index contributed by atoms with van der Waals surface area (Å²) in [7, 11) is 3.24. The summed E-state index contributed by atoms with van der Waals surface area (Å²) >= 11 is 0. The Hall–Kier alpha value is -2.24. The van der Waals surface area contributed by atoms with E-state index in [0.717, 1.165) is 41.2 Å². The van der Waals surface area contributed by atoms with Crippen LogP contribution in [0.3, 0.4) is 0 Å². The average Bonchev–Trinajstić information content (AvgIpc) is 2.58. The van der Waals surface area contributed by atoms with E-state index in [1.54, 1.807) is 32.4 Å². The number of nitrogens with one attached hydrogen (secondary N) is 1. The highest BCUT2D eigenvalue weighted by Crippen LogP contribution is 2.27. The lowest BCUT2D eigenvalue weighted by Crippen LogP contribution is -2.17. The van der Waals surface area contributed by atoms with Crippen molar-refractivity contribution in [3.63, 3.8) is 0 Å². The molecule has 0 bridgehead atoms. The molecule has 0 atom stereocenters. The minimum absolute atomic E-state index is 0.0347. The summed E-state index contributed by atoms with van der Waals surface area (Å²) in [5.41, 5.74) is 2.87. The maximum atomic E-state index is 9.54. The summed E-state index contributed by atoms with van der Waals surface area (Å²) in [6.45, 7) is 1.33. The van der Waals surface area contributed by atoms with Crippen molar-refractivity contribution in [3.8, 4) is 17.2 Å². The van der Waals surface area contributed by atoms with Gasteiger partial charge in [-0.3, -0.25) is 0 Å². The second-order valence-electron chi connectivity index (χ2n) is 5.23. The lowest BCUT2D eigenvalue weighted by Gasteiger charge is -2.11. The average molecular weight is 317 g/mol. The maximum Gasteiger partial charge on any atom is 0.160 e. The molecule has 0 saturated carbocycles. The zero-order valence-electron chi connectivity index (χ0n) is 13.5. The highest BCUT2D eigenvalue weighted by Gasteiger charge is 2.05. The number of aromatic hydroxyl groups is 1. The van der Waals surface area contributed by atoms with Crippen LogP contribution < -0.4 is 14.8 Å². The number of methoxy groups -OCH3 is 2. The van der Waals surface area contributed by atoms with Crippen molar-refractivity contribution >= 4 is 0 Å². The highest BCUT2D eigenvalue weighted by atomic mass is 16.5. The number of ether oxygens (including phenoxy) is 2. The van der Waals surface area contributed by atoms with Crippen molar-refractivity contribution in [2.45, 2.75) is 19.6 Å². The molecule has 0 aromatic heterocycles. The Labute approximate surface area is 136 Å². The molecule has 0 aliphatic rings. The van der Waals surface area contributed by atoms with Gasteiger partial charge in [0.25, 0.3) is 0 Å². The summed E-state index contributed by atoms with van der Waals surface area (Å²) < 4.78 is 10.5. The minimum atomic E-state index is -0.0347. The number of phenolic OH excluding ortho intramolecular Hbond substituents is 1. The second kappa shape index (κ2) is 8.41. The largest absolute Gasteiger partial charge is 0.508 e. The first-order valence-electron chi connectivity index (χ1n) is 7.51. The van der Waals surface area contributed by atoms with Crippen LogP contribution in [0, 0.1) is 0 Å². The molecule has 0 fully saturated rings. The molecule has 23 heavy (non-hydrogen) atoms. The molecule has 2 aromatic rings. The van der Waals surface area contributed by atoms with Gasteiger partial charge in [-0.2, -0.15) is 0 Å². The minimum Gasteiger partial charge on any atom is -0.508 e. The monoisotopic (exact) mass is 317 g/mol. The van der Waals surface area contributed by atoms with Crippen LogP contribution >= 0.6 is 0 Å². The summed E-state index contributed by atoms with van der Waals surface area (Å²) in [4.78, 5) is 0. The van der Waals surface area contributed by atoms with E-state index in [0.29, 0.717) is 6.54 Å². The van der Waals surface area contributed by atoms with E-state index in [2.05, 4.69) is 5.32 Å². The van der Waals surface area contributed by atoms with Crippen LogP contribution in [0.25, 0.3) is 0 Å². The van der Waals surface area contributed by atoms with Gasteiger partial charge in [-0.15, -0.1) is 0 Å². The summed E-state index contributed by atoms with van der Waals surface area (Å²) in [5.74, 6) is 1.65. The van der Waals surface area contributed by atoms with E-state index in [4.69, 9.17) is 9.47 Å². The normalized spacial score (nSPS) is 10.6. The van der Waals surface area contributed by atoms with Gasteiger partial charge in [-0.1, -0.05) is 12.1 Å². The summed E-state index contributed by atoms with van der Waals surface area (Å²) in [5, 5.41) is 22.2. The Bertz CT molecular complexity index is 643. The molecule has 0 spiro atoms. The molecule has 0 aliphatic heterocycles. The van der Waals surface area contributed by atoms with Crippen molar-refractivity contribution in [2.24, 2.45) is 0 Å². The number of aliphatic hydroxyl groups is 1. The van der Waals surface area contributed by atoms with Gasteiger partial charge in [-0.05, 0) is 53.9 Å². The van der Waals surface area contributed by atoms with Gasteiger partial charge in [0.05, 0.1) is 20.8 Å². The van der Waals surface area contributed by atoms with Gasteiger partial charge in [-0.25, -0.2) is 0 Å². The first-order valence-corrected chi connectivity index (χ1v) is 7.51. The van der Waals surface area contributed by atoms with Gasteiger partial charge in [0.2, 0.25) is 0 Å². The van der Waals surface area contributed by atoms with E-state index in [9.17, 15) is 10.2 Å². The number of hydrogen-bond donors (Lipinski definition) is 3. The molecule has 0 unspecified atom stereocenters. The van der Waals surface area contributed by atoms with Crippen LogP contribution in [0.2, 0.25) is 0 Å². The molecular formula is C18H23NO4. The van der Waals surface area contributed by atoms with Gasteiger partial charge in [0, 0.05) is 6.54 Å². The lowest BCUT2D eigenvalue weighted by atomic mass is 10.1. The first kappa shape index (κ1) is 17.1. The van der Waals surface area contributed by atoms with E-state index >= 15 is 0 Å². The van der Waals surface area contributed by atoms with E-state index < -0.39 is 0 Å². The van der Waals surface area contributed by atoms with Crippen molar-refractivity contribution < 1.29 is 19.7 Å². The van der Waals surface area contributed by atoms with Gasteiger partial charge in [0.15, 0.2) is 11.5 Å². The zero-order valence-corrected chi connectivity index (χ0v) is 13.5. The summed E-state index contributed by atoms with van der Waals surface area (Å²) in [6.07, 6.45) is 0.841. The molecule has 2 rings (SSSR count). The van der Waals surface area contributed by atoms with Gasteiger partial charge in [0.1, 0.15) is 5.75 Å². The smallest absolute Gasteiger partial charge is 0.160 e. The molecule has 0 heterocycles. The second-order valence-corrected chi connectivity index (χ2v) is 5.23. The van der Waals surface area contributed by atoms with Gasteiger partial charge >= 0.3 is 0 Å². The standard InChI is InChI=1S/C18H23NO4/c1-22-17-6-3-13(9-18(17)23-2)7-8-19-11-15-10-16(21)5-4-14(15)12-20/h3-6,9-10,19-21H,7-8,11-12H2,1-2H3. The SMILES string of the molecule is COc1ccc(CCNCc2cc(O)ccc2CO)cc1OC. The maximum absolute atomic E-state index is 9.54. The third-order valence-electron chi connectivity index (χ3n) is 3.71. The Balaban J connectivity index is 1.89. The Morgan fingerprint density at radius 2 is 1.74 bits per heavy atom. The topological polar surface area (TPSA) is 71.0 Å². The Morgan fingerprint density at radius 1 is 0.957 bits per heavy atom. The number of aliphatic hydroxyl groups excluding tert-OH is 1. The fourth-order valence-corrected chi connectivity index (χ4v) is 2.42. The fraction of sp³-hybridized carbons (Fsp3) is 0.333. The molecule has 0 saturated heterocycles. The van der Waals surface area contributed by atoms with Crippen molar-refractivity contribution in [2.75, 3.05) is 20.8 Å². The molecule has 0 amide bonds. The van der Waals surface area contributed by atoms with E-state index in [1.165, 1.54) is 0 Å². The van der Waals surface area contributed by atoms with Crippen molar-refractivity contribution in [1.82, 2.24) is 5.32 Å². The van der Waals surface area contributed by atoms with Crippen molar-refractivity contribution in [1.29, 1.82) is 0 Å². The van der Waals surface area contributed by atoms with Crippen molar-refractivity contribution in [3.05, 3.63) is 53.1 Å². The van der Waals surface area contributed by atoms with E-state index in [-0.39, 0.29) is 12.4 Å². The van der Waals surface area contributed by atoms with Crippen LogP contribution in [-0.4, -0.2) is 31.0 Å². The van der Waals surface area contributed by atoms with Crippen LogP contribution in [0.15, 0.2) is 36.4 Å². The molecule has 0 aliphatic carbocycles. The Morgan fingerprint density at radius 3 is 2.43 bits per heavy atom. The third kappa shape index (κ3) is 4.61. The van der Waals surface area contributed by atoms with Crippen LogP contribution in [0.1, 0.15) is 16.7 Å². The first-order chi connectivity index (χ1) is 11.2. The molecule has 124 valence electrons. The molecule has 3 N–H and O–H groups in total. The summed E-state index contributed by atoms with van der Waals surface area (Å²) in [6, 6.07) is 10.9.